The van der Waals surface area contributed by atoms with Gasteiger partial charge in [0.2, 0.25) is 0 Å². The molecule has 2 aromatic carbocycles. The number of nitrogens with one attached hydrogen (secondary N) is 1. The molecule has 2 aromatic heterocycles. The van der Waals surface area contributed by atoms with E-state index in [9.17, 15) is 18.0 Å². The minimum atomic E-state index is -4.54. The lowest BCUT2D eigenvalue weighted by molar-refractivity contribution is -0.137. The number of amides is 1. The molecule has 0 saturated heterocycles. The molecule has 0 aliphatic carbocycles. The average molecular weight is 506 g/mol. The van der Waals surface area contributed by atoms with Gasteiger partial charge >= 0.3 is 12.2 Å². The van der Waals surface area contributed by atoms with Crippen molar-refractivity contribution in [3.63, 3.8) is 0 Å². The predicted molar refractivity (Wildman–Crippen MR) is 133 cm³/mol. The number of rotatable bonds is 4. The first-order chi connectivity index (χ1) is 17.7. The van der Waals surface area contributed by atoms with E-state index in [0.717, 1.165) is 23.3 Å². The molecule has 4 aromatic rings. The topological polar surface area (TPSA) is 93.2 Å². The summed E-state index contributed by atoms with van der Waals surface area (Å²) in [5, 5.41) is 7.21. The van der Waals surface area contributed by atoms with Crippen molar-refractivity contribution in [2.24, 2.45) is 9.98 Å². The molecule has 1 aliphatic rings. The van der Waals surface area contributed by atoms with Gasteiger partial charge in [0.25, 0.3) is 5.91 Å². The van der Waals surface area contributed by atoms with E-state index >= 15 is 0 Å². The fourth-order valence-electron chi connectivity index (χ4n) is 4.16. The quantitative estimate of drug-likeness (QED) is 0.410. The summed E-state index contributed by atoms with van der Waals surface area (Å²) >= 11 is 0. The molecular formula is C26H21F3N6O2. The van der Waals surface area contributed by atoms with Crippen LogP contribution in [-0.4, -0.2) is 45.9 Å². The second-order valence-electron chi connectivity index (χ2n) is 8.44. The molecule has 1 amide bonds. The maximum absolute atomic E-state index is 13.0. The Labute approximate surface area is 209 Å². The fourth-order valence-corrected chi connectivity index (χ4v) is 4.16. The molecule has 3 heterocycles. The summed E-state index contributed by atoms with van der Waals surface area (Å²) in [7, 11) is 1.52. The molecule has 2 unspecified atom stereocenters. The summed E-state index contributed by atoms with van der Waals surface area (Å²) in [5.41, 5.74) is 2.38. The molecule has 1 aliphatic heterocycles. The number of benzene rings is 2. The Balaban J connectivity index is 1.43. The monoisotopic (exact) mass is 506 g/mol. The van der Waals surface area contributed by atoms with Crippen LogP contribution in [0.5, 0.6) is 0 Å². The average Bonchev–Trinajstić information content (AvgIpc) is 3.32. The summed E-state index contributed by atoms with van der Waals surface area (Å²) in [6.07, 6.45) is 0.626. The Kier molecular flexibility index (Phi) is 6.20. The van der Waals surface area contributed by atoms with Gasteiger partial charge in [-0.25, -0.2) is 19.5 Å². The molecule has 0 fully saturated rings. The van der Waals surface area contributed by atoms with Gasteiger partial charge in [0.1, 0.15) is 0 Å². The summed E-state index contributed by atoms with van der Waals surface area (Å²) in [6.45, 7) is 1.96. The van der Waals surface area contributed by atoms with Crippen LogP contribution in [0, 0.1) is 0 Å². The SMILES string of the molecule is COC1=NC(C)C(c2cnn3c(-c4cccc(NC(=O)c5cccc(C(F)(F)F)c5)c4)ccnc23)C=N1. The molecule has 2 atom stereocenters. The zero-order chi connectivity index (χ0) is 26.2. The number of amidine groups is 1. The number of carbonyl (C=O) groups is 1. The van der Waals surface area contributed by atoms with Gasteiger partial charge in [-0.2, -0.15) is 18.3 Å². The number of aromatic nitrogens is 3. The molecule has 0 bridgehead atoms. The van der Waals surface area contributed by atoms with Crippen LogP contribution in [0.1, 0.15) is 34.3 Å². The van der Waals surface area contributed by atoms with Crippen molar-refractivity contribution in [3.8, 4) is 11.3 Å². The van der Waals surface area contributed by atoms with E-state index in [-0.39, 0.29) is 17.5 Å². The fraction of sp³-hybridized carbons (Fsp3) is 0.192. The van der Waals surface area contributed by atoms with E-state index in [1.165, 1.54) is 19.2 Å². The van der Waals surface area contributed by atoms with E-state index in [1.807, 2.05) is 13.0 Å². The van der Waals surface area contributed by atoms with Crippen molar-refractivity contribution < 1.29 is 22.7 Å². The number of anilines is 1. The minimum Gasteiger partial charge on any atom is -0.467 e. The highest BCUT2D eigenvalue weighted by molar-refractivity contribution is 6.04. The Morgan fingerprint density at radius 3 is 2.68 bits per heavy atom. The number of methoxy groups -OCH3 is 1. The summed E-state index contributed by atoms with van der Waals surface area (Å²) in [6, 6.07) is 13.2. The molecule has 0 spiro atoms. The molecule has 0 radical (unpaired) electrons. The van der Waals surface area contributed by atoms with E-state index < -0.39 is 17.6 Å². The van der Waals surface area contributed by atoms with E-state index in [1.54, 1.807) is 47.4 Å². The van der Waals surface area contributed by atoms with Crippen molar-refractivity contribution in [2.75, 3.05) is 12.4 Å². The lowest BCUT2D eigenvalue weighted by atomic mass is 9.95. The third-order valence-electron chi connectivity index (χ3n) is 6.02. The van der Waals surface area contributed by atoms with Crippen LogP contribution in [0.4, 0.5) is 18.9 Å². The van der Waals surface area contributed by atoms with Crippen LogP contribution < -0.4 is 5.32 Å². The smallest absolute Gasteiger partial charge is 0.416 e. The van der Waals surface area contributed by atoms with Crippen molar-refractivity contribution in [1.82, 2.24) is 14.6 Å². The summed E-state index contributed by atoms with van der Waals surface area (Å²) < 4.78 is 45.9. The van der Waals surface area contributed by atoms with Crippen molar-refractivity contribution in [3.05, 3.63) is 83.7 Å². The highest BCUT2D eigenvalue weighted by Crippen LogP contribution is 2.31. The lowest BCUT2D eigenvalue weighted by Crippen LogP contribution is -2.22. The summed E-state index contributed by atoms with van der Waals surface area (Å²) in [5.74, 6) is -0.789. The van der Waals surface area contributed by atoms with Gasteiger partial charge in [-0.05, 0) is 43.3 Å². The van der Waals surface area contributed by atoms with Crippen molar-refractivity contribution in [1.29, 1.82) is 0 Å². The first-order valence-corrected chi connectivity index (χ1v) is 11.3. The molecule has 0 saturated carbocycles. The lowest BCUT2D eigenvalue weighted by Gasteiger charge is -2.19. The largest absolute Gasteiger partial charge is 0.467 e. The van der Waals surface area contributed by atoms with Gasteiger partial charge in [0.15, 0.2) is 5.65 Å². The molecule has 37 heavy (non-hydrogen) atoms. The van der Waals surface area contributed by atoms with E-state index in [2.05, 4.69) is 25.4 Å². The second-order valence-corrected chi connectivity index (χ2v) is 8.44. The zero-order valence-electron chi connectivity index (χ0n) is 19.8. The first kappa shape index (κ1) is 24.2. The van der Waals surface area contributed by atoms with Gasteiger partial charge in [-0.15, -0.1) is 0 Å². The maximum atomic E-state index is 13.0. The first-order valence-electron chi connectivity index (χ1n) is 11.3. The van der Waals surface area contributed by atoms with Crippen LogP contribution >= 0.6 is 0 Å². The number of nitrogens with zero attached hydrogens (tertiary/aromatic N) is 5. The molecule has 188 valence electrons. The molecular weight excluding hydrogens is 485 g/mol. The van der Waals surface area contributed by atoms with E-state index in [0.29, 0.717) is 23.1 Å². The number of fused-ring (bicyclic) bond motifs is 1. The number of hydrogen-bond acceptors (Lipinski definition) is 6. The Morgan fingerprint density at radius 2 is 1.92 bits per heavy atom. The zero-order valence-corrected chi connectivity index (χ0v) is 19.8. The van der Waals surface area contributed by atoms with Gasteiger partial charge < -0.3 is 10.1 Å². The molecule has 1 N–H and O–H groups in total. The third kappa shape index (κ3) is 4.80. The molecule has 11 heteroatoms. The van der Waals surface area contributed by atoms with Gasteiger partial charge in [-0.1, -0.05) is 18.2 Å². The van der Waals surface area contributed by atoms with Crippen LogP contribution in [0.2, 0.25) is 0 Å². The van der Waals surface area contributed by atoms with Crippen LogP contribution in [0.25, 0.3) is 16.9 Å². The highest BCUT2D eigenvalue weighted by atomic mass is 19.4. The minimum absolute atomic E-state index is 0.0918. The Hall–Kier alpha value is -4.54. The van der Waals surface area contributed by atoms with Crippen LogP contribution in [0.3, 0.4) is 0 Å². The normalized spacial score (nSPS) is 17.5. The number of hydrogen-bond donors (Lipinski definition) is 1. The Morgan fingerprint density at radius 1 is 1.11 bits per heavy atom. The highest BCUT2D eigenvalue weighted by Gasteiger charge is 2.31. The molecule has 5 rings (SSSR count). The standard InChI is InChI=1S/C26H21F3N6O2/c1-15-20(13-31-25(33-15)37-2)21-14-32-35-22(9-10-30-23(21)35)16-5-4-8-19(12-16)34-24(36)17-6-3-7-18(11-17)26(27,28)29/h3-15,20H,1-2H3,(H,34,36). The summed E-state index contributed by atoms with van der Waals surface area (Å²) in [4.78, 5) is 25.9. The molecule has 8 nitrogen and oxygen atoms in total. The third-order valence-corrected chi connectivity index (χ3v) is 6.02. The van der Waals surface area contributed by atoms with Crippen LogP contribution in [-0.2, 0) is 10.9 Å². The second kappa shape index (κ2) is 9.49. The maximum Gasteiger partial charge on any atom is 0.416 e. The Bertz CT molecular complexity index is 1540. The van der Waals surface area contributed by atoms with E-state index in [4.69, 9.17) is 4.74 Å². The number of aliphatic imine (C=N–C) groups is 2. The van der Waals surface area contributed by atoms with Crippen LogP contribution in [0.15, 0.2) is 77.0 Å². The number of carbonyl (C=O) groups excluding carboxylic acids is 1. The van der Waals surface area contributed by atoms with Gasteiger partial charge in [0.05, 0.1) is 30.6 Å². The number of alkyl halides is 3. The number of ether oxygens (including phenoxy) is 1. The predicted octanol–water partition coefficient (Wildman–Crippen LogP) is 5.23. The van der Waals surface area contributed by atoms with Crippen molar-refractivity contribution in [2.45, 2.75) is 25.1 Å². The van der Waals surface area contributed by atoms with Gasteiger partial charge in [0, 0.05) is 40.7 Å². The van der Waals surface area contributed by atoms with Crippen molar-refractivity contribution >= 4 is 29.5 Å². The number of halogens is 3. The van der Waals surface area contributed by atoms with Gasteiger partial charge in [-0.3, -0.25) is 4.79 Å².